The van der Waals surface area contributed by atoms with E-state index < -0.39 is 0 Å². The summed E-state index contributed by atoms with van der Waals surface area (Å²) in [5, 5.41) is 21.0. The number of rotatable bonds is 7. The van der Waals surface area contributed by atoms with Crippen LogP contribution in [-0.4, -0.2) is 33.4 Å². The van der Waals surface area contributed by atoms with E-state index in [2.05, 4.69) is 15.7 Å². The summed E-state index contributed by atoms with van der Waals surface area (Å²) in [4.78, 5) is 25.8. The molecule has 36 heavy (non-hydrogen) atoms. The molecule has 1 aliphatic carbocycles. The minimum atomic E-state index is -0.289. The van der Waals surface area contributed by atoms with E-state index in [4.69, 9.17) is 0 Å². The molecule has 1 heterocycles. The minimum absolute atomic E-state index is 0.0281. The predicted octanol–water partition coefficient (Wildman–Crippen LogP) is 5.49. The number of hydrogen-bond donors (Lipinski definition) is 3. The van der Waals surface area contributed by atoms with E-state index in [0.29, 0.717) is 29.1 Å². The Kier molecular flexibility index (Phi) is 6.54. The highest BCUT2D eigenvalue weighted by Crippen LogP contribution is 2.42. The summed E-state index contributed by atoms with van der Waals surface area (Å²) in [6.07, 6.45) is 2.73. The van der Waals surface area contributed by atoms with Gasteiger partial charge in [0.25, 0.3) is 5.91 Å². The van der Waals surface area contributed by atoms with Crippen LogP contribution in [0.2, 0.25) is 0 Å². The Labute approximate surface area is 209 Å². The maximum absolute atomic E-state index is 13.0. The molecule has 3 N–H and O–H groups in total. The van der Waals surface area contributed by atoms with Gasteiger partial charge in [0.05, 0.1) is 11.4 Å². The van der Waals surface area contributed by atoms with E-state index in [0.717, 1.165) is 36.1 Å². The first-order chi connectivity index (χ1) is 17.5. The van der Waals surface area contributed by atoms with Crippen molar-refractivity contribution in [3.8, 4) is 17.0 Å². The number of nitrogens with one attached hydrogen (secondary N) is 2. The number of aromatic hydroxyl groups is 1. The number of carbonyl (C=O) groups excluding carboxylic acids is 2. The molecule has 0 aliphatic heterocycles. The quantitative estimate of drug-likeness (QED) is 0.305. The second-order valence-corrected chi connectivity index (χ2v) is 9.11. The summed E-state index contributed by atoms with van der Waals surface area (Å²) in [6.45, 7) is 2.38. The van der Waals surface area contributed by atoms with Gasteiger partial charge in [-0.1, -0.05) is 48.5 Å². The van der Waals surface area contributed by atoms with Crippen molar-refractivity contribution in [2.45, 2.75) is 32.1 Å². The van der Waals surface area contributed by atoms with Crippen LogP contribution >= 0.6 is 0 Å². The van der Waals surface area contributed by atoms with Crippen molar-refractivity contribution in [1.29, 1.82) is 0 Å². The number of anilines is 1. The standard InChI is InChI=1S/C29H28N4O3/c1-19-7-5-6-10-23(19)28(35)31-22-13-14-27(34)24(17-22)25-18-26(21-11-12-21)33(32-25)29(36)30-16-15-20-8-3-2-4-9-20/h2-10,13-14,17-18,21,34H,11-12,15-16H2,1H3,(H,30,36)(H,31,35). The van der Waals surface area contributed by atoms with Crippen LogP contribution in [0.25, 0.3) is 11.3 Å². The summed E-state index contributed by atoms with van der Waals surface area (Å²) >= 11 is 0. The molecule has 0 radical (unpaired) electrons. The average Bonchev–Trinajstić information content (AvgIpc) is 3.64. The van der Waals surface area contributed by atoms with Gasteiger partial charge in [0, 0.05) is 29.3 Å². The van der Waals surface area contributed by atoms with Crippen molar-refractivity contribution in [2.24, 2.45) is 0 Å². The van der Waals surface area contributed by atoms with Crippen molar-refractivity contribution in [2.75, 3.05) is 11.9 Å². The molecular formula is C29H28N4O3. The van der Waals surface area contributed by atoms with Crippen LogP contribution in [0.1, 0.15) is 45.9 Å². The number of hydrogen-bond acceptors (Lipinski definition) is 4. The largest absolute Gasteiger partial charge is 0.507 e. The third-order valence-electron chi connectivity index (χ3n) is 6.38. The minimum Gasteiger partial charge on any atom is -0.507 e. The molecule has 0 bridgehead atoms. The highest BCUT2D eigenvalue weighted by molar-refractivity contribution is 6.05. The number of amides is 2. The number of nitrogens with zero attached hydrogens (tertiary/aromatic N) is 2. The molecule has 7 heteroatoms. The Hall–Kier alpha value is -4.39. The number of carbonyl (C=O) groups is 2. The van der Waals surface area contributed by atoms with Gasteiger partial charge in [0.1, 0.15) is 5.75 Å². The zero-order valence-corrected chi connectivity index (χ0v) is 20.1. The van der Waals surface area contributed by atoms with Gasteiger partial charge in [-0.05, 0) is 67.6 Å². The van der Waals surface area contributed by atoms with Crippen molar-refractivity contribution in [3.63, 3.8) is 0 Å². The molecule has 1 aromatic heterocycles. The SMILES string of the molecule is Cc1ccccc1C(=O)Nc1ccc(O)c(-c2cc(C3CC3)n(C(=O)NCCc3ccccc3)n2)c1. The van der Waals surface area contributed by atoms with Crippen LogP contribution in [-0.2, 0) is 6.42 Å². The fraction of sp³-hybridized carbons (Fsp3) is 0.207. The maximum atomic E-state index is 13.0. The van der Waals surface area contributed by atoms with Crippen LogP contribution in [0.5, 0.6) is 5.75 Å². The van der Waals surface area contributed by atoms with Crippen LogP contribution in [0, 0.1) is 6.92 Å². The first-order valence-electron chi connectivity index (χ1n) is 12.1. The lowest BCUT2D eigenvalue weighted by Crippen LogP contribution is -2.32. The van der Waals surface area contributed by atoms with E-state index in [1.54, 1.807) is 18.2 Å². The average molecular weight is 481 g/mol. The number of phenols is 1. The third-order valence-corrected chi connectivity index (χ3v) is 6.38. The smallest absolute Gasteiger partial charge is 0.342 e. The van der Waals surface area contributed by atoms with Gasteiger partial charge >= 0.3 is 6.03 Å². The van der Waals surface area contributed by atoms with Gasteiger partial charge in [0.2, 0.25) is 0 Å². The molecule has 182 valence electrons. The van der Waals surface area contributed by atoms with Crippen LogP contribution in [0.3, 0.4) is 0 Å². The highest BCUT2D eigenvalue weighted by Gasteiger charge is 2.30. The zero-order chi connectivity index (χ0) is 25.1. The van der Waals surface area contributed by atoms with Gasteiger partial charge in [-0.2, -0.15) is 9.78 Å². The maximum Gasteiger partial charge on any atom is 0.342 e. The molecule has 1 fully saturated rings. The van der Waals surface area contributed by atoms with E-state index in [-0.39, 0.29) is 23.6 Å². The molecule has 3 aromatic carbocycles. The molecule has 0 unspecified atom stereocenters. The fourth-order valence-corrected chi connectivity index (χ4v) is 4.24. The van der Waals surface area contributed by atoms with Crippen LogP contribution < -0.4 is 10.6 Å². The molecule has 2 amide bonds. The van der Waals surface area contributed by atoms with Crippen molar-refractivity contribution >= 4 is 17.6 Å². The number of aryl methyl sites for hydroxylation is 1. The normalized spacial score (nSPS) is 12.8. The van der Waals surface area contributed by atoms with Gasteiger partial charge < -0.3 is 15.7 Å². The monoisotopic (exact) mass is 480 g/mol. The van der Waals surface area contributed by atoms with E-state index >= 15 is 0 Å². The Balaban J connectivity index is 1.36. The first kappa shape index (κ1) is 23.4. The van der Waals surface area contributed by atoms with Crippen molar-refractivity contribution in [1.82, 2.24) is 15.1 Å². The topological polar surface area (TPSA) is 96.2 Å². The van der Waals surface area contributed by atoms with Gasteiger partial charge in [-0.15, -0.1) is 0 Å². The lowest BCUT2D eigenvalue weighted by Gasteiger charge is -2.10. The molecular weight excluding hydrogens is 452 g/mol. The molecule has 5 rings (SSSR count). The molecule has 0 saturated heterocycles. The molecule has 4 aromatic rings. The summed E-state index contributed by atoms with van der Waals surface area (Å²) in [6, 6.07) is 23.8. The molecule has 0 atom stereocenters. The molecule has 0 spiro atoms. The first-order valence-corrected chi connectivity index (χ1v) is 12.1. The van der Waals surface area contributed by atoms with E-state index in [9.17, 15) is 14.7 Å². The van der Waals surface area contributed by atoms with Gasteiger partial charge in [-0.25, -0.2) is 4.79 Å². The summed E-state index contributed by atoms with van der Waals surface area (Å²) in [5.41, 5.74) is 4.91. The fourth-order valence-electron chi connectivity index (χ4n) is 4.24. The summed E-state index contributed by atoms with van der Waals surface area (Å²) in [7, 11) is 0. The molecule has 7 nitrogen and oxygen atoms in total. The van der Waals surface area contributed by atoms with Crippen LogP contribution in [0.15, 0.2) is 78.9 Å². The number of benzene rings is 3. The predicted molar refractivity (Wildman–Crippen MR) is 139 cm³/mol. The summed E-state index contributed by atoms with van der Waals surface area (Å²) < 4.78 is 1.41. The van der Waals surface area contributed by atoms with Gasteiger partial charge in [-0.3, -0.25) is 4.79 Å². The van der Waals surface area contributed by atoms with E-state index in [1.165, 1.54) is 10.7 Å². The van der Waals surface area contributed by atoms with Crippen LogP contribution in [0.4, 0.5) is 10.5 Å². The number of phenolic OH excluding ortho intramolecular Hbond substituents is 1. The van der Waals surface area contributed by atoms with Crippen molar-refractivity contribution < 1.29 is 14.7 Å². The van der Waals surface area contributed by atoms with E-state index in [1.807, 2.05) is 61.5 Å². The third kappa shape index (κ3) is 5.15. The molecule has 1 saturated carbocycles. The summed E-state index contributed by atoms with van der Waals surface area (Å²) in [5.74, 6) is 0.0734. The van der Waals surface area contributed by atoms with Crippen molar-refractivity contribution in [3.05, 3.63) is 101 Å². The Morgan fingerprint density at radius 1 is 1.00 bits per heavy atom. The van der Waals surface area contributed by atoms with Gasteiger partial charge in [0.15, 0.2) is 0 Å². The Morgan fingerprint density at radius 2 is 1.75 bits per heavy atom. The zero-order valence-electron chi connectivity index (χ0n) is 20.1. The highest BCUT2D eigenvalue weighted by atomic mass is 16.3. The second-order valence-electron chi connectivity index (χ2n) is 9.11. The second kappa shape index (κ2) is 10.1. The Morgan fingerprint density at radius 3 is 2.50 bits per heavy atom. The lowest BCUT2D eigenvalue weighted by molar-refractivity contribution is 0.102. The lowest BCUT2D eigenvalue weighted by atomic mass is 10.1. The Bertz CT molecular complexity index is 1410. The number of aromatic nitrogens is 2. The molecule has 1 aliphatic rings.